The van der Waals surface area contributed by atoms with Gasteiger partial charge in [-0.2, -0.15) is 0 Å². The summed E-state index contributed by atoms with van der Waals surface area (Å²) in [6, 6.07) is 10.8. The number of pyridine rings is 1. The number of nitrogen functional groups attached to an aromatic ring is 1. The predicted molar refractivity (Wildman–Crippen MR) is 140 cm³/mol. The molecule has 1 aliphatic rings. The van der Waals surface area contributed by atoms with Crippen molar-refractivity contribution in [3.8, 4) is 11.3 Å². The zero-order valence-electron chi connectivity index (χ0n) is 26.2. The molecule has 1 amide bonds. The Bertz CT molecular complexity index is 1560. The molecule has 0 spiro atoms. The van der Waals surface area contributed by atoms with Crippen LogP contribution in [-0.2, 0) is 7.05 Å². The van der Waals surface area contributed by atoms with E-state index < -0.39 is 19.9 Å². The minimum Gasteiger partial charge on any atom is -0.366 e. The summed E-state index contributed by atoms with van der Waals surface area (Å²) in [5.74, 6) is -0.665. The van der Waals surface area contributed by atoms with Crippen molar-refractivity contribution in [3.05, 3.63) is 65.6 Å². The Balaban J connectivity index is 1.28. The molecule has 0 bridgehead atoms. The van der Waals surface area contributed by atoms with Crippen LogP contribution in [0.3, 0.4) is 0 Å². The summed E-state index contributed by atoms with van der Waals surface area (Å²) in [4.78, 5) is 23.9. The number of aryl methyl sites for hydroxylation is 1. The molecule has 0 radical (unpaired) electrons. The van der Waals surface area contributed by atoms with E-state index in [0.717, 1.165) is 53.8 Å². The highest BCUT2D eigenvalue weighted by atomic mass is 16.2. The predicted octanol–water partition coefficient (Wildman–Crippen LogP) is 3.65. The topological polar surface area (TPSA) is 106 Å². The van der Waals surface area contributed by atoms with Crippen LogP contribution in [0.25, 0.3) is 22.3 Å². The summed E-state index contributed by atoms with van der Waals surface area (Å²) in [6.07, 6.45) is 5.15. The maximum Gasteiger partial charge on any atom is 0.253 e. The van der Waals surface area contributed by atoms with E-state index in [1.807, 2.05) is 13.1 Å². The molecule has 3 aromatic heterocycles. The Morgan fingerprint density at radius 3 is 2.56 bits per heavy atom. The van der Waals surface area contributed by atoms with Gasteiger partial charge in [0.25, 0.3) is 5.91 Å². The average molecular weight is 491 g/mol. The first-order chi connectivity index (χ1) is 19.8. The van der Waals surface area contributed by atoms with Crippen LogP contribution in [0, 0.1) is 0 Å². The maximum atomic E-state index is 12.8. The number of anilines is 1. The van der Waals surface area contributed by atoms with Crippen molar-refractivity contribution in [1.29, 1.82) is 0 Å². The van der Waals surface area contributed by atoms with Gasteiger partial charge in [0.15, 0.2) is 0 Å². The van der Waals surface area contributed by atoms with Crippen LogP contribution in [-0.4, -0.2) is 67.5 Å². The molecule has 9 nitrogen and oxygen atoms in total. The fraction of sp³-hybridized carbons (Fsp3) is 0.370. The van der Waals surface area contributed by atoms with Crippen LogP contribution < -0.4 is 5.73 Å². The zero-order chi connectivity index (χ0) is 30.4. The molecule has 9 heteroatoms. The van der Waals surface area contributed by atoms with E-state index in [1.54, 1.807) is 24.5 Å². The first-order valence-electron chi connectivity index (χ1n) is 14.8. The third-order valence-electron chi connectivity index (χ3n) is 7.16. The second kappa shape index (κ2) is 9.66. The number of amides is 1. The number of nitrogens with zero attached hydrogens (tertiary/aromatic N) is 7. The second-order valence-corrected chi connectivity index (χ2v) is 9.17. The molecule has 0 saturated carbocycles. The van der Waals surface area contributed by atoms with Crippen molar-refractivity contribution < 1.29 is 13.0 Å². The average Bonchev–Trinajstić information content (AvgIpc) is 3.28. The largest absolute Gasteiger partial charge is 0.366 e. The van der Waals surface area contributed by atoms with Crippen molar-refractivity contribution in [2.75, 3.05) is 32.8 Å². The normalized spacial score (nSPS) is 18.9. The molecule has 1 saturated heterocycles. The molecule has 1 fully saturated rings. The van der Waals surface area contributed by atoms with Crippen LogP contribution in [0.5, 0.6) is 0 Å². The van der Waals surface area contributed by atoms with E-state index in [9.17, 15) is 4.79 Å². The molecule has 2 N–H and O–H groups in total. The summed E-state index contributed by atoms with van der Waals surface area (Å²) in [5, 5.41) is 9.05. The fourth-order valence-electron chi connectivity index (χ4n) is 5.10. The van der Waals surface area contributed by atoms with E-state index in [2.05, 4.69) is 42.6 Å². The number of rotatable bonds is 5. The molecule has 4 aromatic rings. The van der Waals surface area contributed by atoms with Gasteiger partial charge in [-0.1, -0.05) is 12.1 Å². The van der Waals surface area contributed by atoms with Crippen LogP contribution in [0.1, 0.15) is 61.6 Å². The van der Waals surface area contributed by atoms with Crippen molar-refractivity contribution in [2.24, 2.45) is 7.05 Å². The number of benzene rings is 1. The van der Waals surface area contributed by atoms with E-state index in [4.69, 9.17) is 14.0 Å². The standard InChI is InChI=1S/C27H32N8O/c1-17(35-13-10-19(11-14-35)18-5-7-20(8-6-18)26(36)33(2)3)24-15-22-21(9-12-29-25(22)34(24)4)23-16-30-27(28)32-31-23/h5-9,12,15-17,19H,10-11,13-14H2,1-4H3,(H2,28,30,32)/t17-/m0/s1/i2D3,3D3. The number of hydrogen-bond acceptors (Lipinski definition) is 7. The van der Waals surface area contributed by atoms with Gasteiger partial charge in [0.1, 0.15) is 11.3 Å². The number of nitrogens with two attached hydrogens (primary N) is 1. The van der Waals surface area contributed by atoms with Gasteiger partial charge in [-0.15, -0.1) is 10.2 Å². The maximum absolute atomic E-state index is 12.8. The smallest absolute Gasteiger partial charge is 0.253 e. The minimum absolute atomic E-state index is 0.0135. The van der Waals surface area contributed by atoms with Crippen LogP contribution in [0.4, 0.5) is 5.95 Å². The summed E-state index contributed by atoms with van der Waals surface area (Å²) in [7, 11) is 2.01. The molecule has 1 aliphatic heterocycles. The first-order valence-corrected chi connectivity index (χ1v) is 11.8. The van der Waals surface area contributed by atoms with Gasteiger partial charge in [-0.3, -0.25) is 9.69 Å². The van der Waals surface area contributed by atoms with Crippen LogP contribution in [0.15, 0.2) is 48.8 Å². The van der Waals surface area contributed by atoms with Gasteiger partial charge < -0.3 is 15.2 Å². The third kappa shape index (κ3) is 4.42. The van der Waals surface area contributed by atoms with Crippen molar-refractivity contribution in [3.63, 3.8) is 0 Å². The fourth-order valence-corrected chi connectivity index (χ4v) is 5.10. The van der Waals surface area contributed by atoms with Gasteiger partial charge in [0, 0.05) is 63.7 Å². The third-order valence-corrected chi connectivity index (χ3v) is 7.16. The summed E-state index contributed by atoms with van der Waals surface area (Å²) < 4.78 is 47.1. The molecule has 1 atom stereocenters. The van der Waals surface area contributed by atoms with Gasteiger partial charge in [0.05, 0.1) is 6.20 Å². The molecular formula is C27H32N8O. The Labute approximate surface area is 219 Å². The second-order valence-electron chi connectivity index (χ2n) is 9.17. The Morgan fingerprint density at radius 2 is 1.89 bits per heavy atom. The molecule has 4 heterocycles. The number of carbonyl (C=O) groups excluding carboxylic acids is 1. The zero-order valence-corrected chi connectivity index (χ0v) is 20.2. The van der Waals surface area contributed by atoms with E-state index in [0.29, 0.717) is 5.69 Å². The summed E-state index contributed by atoms with van der Waals surface area (Å²) >= 11 is 0. The Kier molecular flexibility index (Phi) is 4.71. The highest BCUT2D eigenvalue weighted by Crippen LogP contribution is 2.35. The lowest BCUT2D eigenvalue weighted by molar-refractivity contribution is 0.0827. The van der Waals surface area contributed by atoms with Gasteiger partial charge >= 0.3 is 0 Å². The van der Waals surface area contributed by atoms with Gasteiger partial charge in [-0.25, -0.2) is 9.97 Å². The van der Waals surface area contributed by atoms with Crippen molar-refractivity contribution in [2.45, 2.75) is 31.7 Å². The van der Waals surface area contributed by atoms with Crippen molar-refractivity contribution in [1.82, 2.24) is 34.5 Å². The first kappa shape index (κ1) is 17.6. The molecule has 0 aliphatic carbocycles. The minimum atomic E-state index is -3.08. The molecular weight excluding hydrogens is 452 g/mol. The molecule has 1 aromatic carbocycles. The number of likely N-dealkylation sites (tertiary alicyclic amines) is 1. The number of carbonyl (C=O) groups is 1. The molecule has 5 rings (SSSR count). The van der Waals surface area contributed by atoms with E-state index >= 15 is 0 Å². The number of aromatic nitrogens is 5. The highest BCUT2D eigenvalue weighted by molar-refractivity contribution is 5.94. The van der Waals surface area contributed by atoms with Gasteiger partial charge in [0.2, 0.25) is 5.95 Å². The Morgan fingerprint density at radius 1 is 1.14 bits per heavy atom. The van der Waals surface area contributed by atoms with Crippen LogP contribution in [0.2, 0.25) is 0 Å². The lowest BCUT2D eigenvalue weighted by Gasteiger charge is -2.36. The van der Waals surface area contributed by atoms with E-state index in [-0.39, 0.29) is 28.4 Å². The van der Waals surface area contributed by atoms with Crippen LogP contribution >= 0.6 is 0 Å². The molecule has 36 heavy (non-hydrogen) atoms. The summed E-state index contributed by atoms with van der Waals surface area (Å²) in [5.41, 5.74) is 10.1. The highest BCUT2D eigenvalue weighted by Gasteiger charge is 2.27. The van der Waals surface area contributed by atoms with E-state index in [1.165, 1.54) is 12.1 Å². The molecule has 186 valence electrons. The quantitative estimate of drug-likeness (QED) is 0.455. The number of fused-ring (bicyclic) bond motifs is 1. The number of piperidine rings is 1. The lowest BCUT2D eigenvalue weighted by atomic mass is 9.88. The SMILES string of the molecule is [2H]C([2H])([2H])N(C(=O)c1ccc(C2CCN([C@@H](C)c3cc4c(-c5cnc(N)nn5)ccnc4n3C)CC2)cc1)C([2H])([2H])[2H]. The summed E-state index contributed by atoms with van der Waals surface area (Å²) in [6.45, 7) is -2.26. The molecule has 0 unspecified atom stereocenters. The monoisotopic (exact) mass is 490 g/mol. The van der Waals surface area contributed by atoms with Gasteiger partial charge in [-0.05, 0) is 68.6 Å². The number of hydrogen-bond donors (Lipinski definition) is 1. The lowest BCUT2D eigenvalue weighted by Crippen LogP contribution is -2.35. The Hall–Kier alpha value is -3.85. The van der Waals surface area contributed by atoms with Crippen molar-refractivity contribution >= 4 is 22.9 Å².